The molecule has 1 heterocycles. The van der Waals surface area contributed by atoms with Crippen molar-refractivity contribution in [3.8, 4) is 0 Å². The number of anilines is 1. The Labute approximate surface area is 116 Å². The van der Waals surface area contributed by atoms with E-state index in [1.165, 1.54) is 23.2 Å². The Morgan fingerprint density at radius 2 is 2.16 bits per heavy atom. The summed E-state index contributed by atoms with van der Waals surface area (Å²) in [4.78, 5) is 2.39. The lowest BCUT2D eigenvalue weighted by molar-refractivity contribution is 0.0730. The van der Waals surface area contributed by atoms with Crippen LogP contribution in [0, 0.1) is 0 Å². The summed E-state index contributed by atoms with van der Waals surface area (Å²) in [5.74, 6) is 0. The first-order valence-corrected chi connectivity index (χ1v) is 7.22. The molecule has 0 amide bonds. The van der Waals surface area contributed by atoms with Gasteiger partial charge in [0.25, 0.3) is 0 Å². The molecule has 19 heavy (non-hydrogen) atoms. The third-order valence-electron chi connectivity index (χ3n) is 3.84. The average Bonchev–Trinajstić information content (AvgIpc) is 2.34. The van der Waals surface area contributed by atoms with Gasteiger partial charge in [-0.25, -0.2) is 0 Å². The van der Waals surface area contributed by atoms with Crippen molar-refractivity contribution < 1.29 is 5.11 Å². The number of nitrogens with zero attached hydrogens (tertiary/aromatic N) is 1. The predicted molar refractivity (Wildman–Crippen MR) is 80.5 cm³/mol. The molecule has 0 aliphatic carbocycles. The second kappa shape index (κ2) is 5.51. The Morgan fingerprint density at radius 3 is 2.79 bits per heavy atom. The van der Waals surface area contributed by atoms with Gasteiger partial charge in [0.15, 0.2) is 0 Å². The molecule has 0 saturated carbocycles. The van der Waals surface area contributed by atoms with Crippen LogP contribution in [0.5, 0.6) is 0 Å². The third-order valence-corrected chi connectivity index (χ3v) is 3.84. The highest BCUT2D eigenvalue weighted by atomic mass is 16.3. The van der Waals surface area contributed by atoms with E-state index in [4.69, 9.17) is 5.73 Å². The Balaban J connectivity index is 2.15. The highest BCUT2D eigenvalue weighted by Gasteiger charge is 2.20. The maximum atomic E-state index is 9.87. The van der Waals surface area contributed by atoms with Crippen molar-refractivity contribution in [2.24, 2.45) is 5.73 Å². The standard InChI is InChI=1S/C16H26N2O/c1-12(17)13-6-7-15-14(11-13)5-4-9-18(15)10-8-16(2,3)19/h6-7,11-12,19H,4-5,8-10,17H2,1-3H3. The monoisotopic (exact) mass is 262 g/mol. The molecule has 0 aromatic heterocycles. The van der Waals surface area contributed by atoms with Gasteiger partial charge in [0, 0.05) is 24.8 Å². The van der Waals surface area contributed by atoms with Crippen molar-refractivity contribution in [1.29, 1.82) is 0 Å². The van der Waals surface area contributed by atoms with Gasteiger partial charge in [-0.2, -0.15) is 0 Å². The van der Waals surface area contributed by atoms with Gasteiger partial charge in [-0.1, -0.05) is 12.1 Å². The Kier molecular flexibility index (Phi) is 4.16. The molecule has 1 atom stereocenters. The molecule has 106 valence electrons. The fourth-order valence-electron chi connectivity index (χ4n) is 2.62. The van der Waals surface area contributed by atoms with E-state index < -0.39 is 5.60 Å². The van der Waals surface area contributed by atoms with Crippen LogP contribution < -0.4 is 10.6 Å². The fourth-order valence-corrected chi connectivity index (χ4v) is 2.62. The molecule has 1 aromatic carbocycles. The van der Waals surface area contributed by atoms with Gasteiger partial charge >= 0.3 is 0 Å². The van der Waals surface area contributed by atoms with Gasteiger partial charge in [-0.05, 0) is 57.2 Å². The van der Waals surface area contributed by atoms with E-state index in [1.807, 2.05) is 20.8 Å². The van der Waals surface area contributed by atoms with Crippen LogP contribution in [0.15, 0.2) is 18.2 Å². The maximum absolute atomic E-state index is 9.87. The maximum Gasteiger partial charge on any atom is 0.0608 e. The van der Waals surface area contributed by atoms with Gasteiger partial charge in [0.1, 0.15) is 0 Å². The summed E-state index contributed by atoms with van der Waals surface area (Å²) in [5.41, 5.74) is 9.29. The second-order valence-corrected chi connectivity index (χ2v) is 6.33. The number of benzene rings is 1. The molecule has 0 radical (unpaired) electrons. The summed E-state index contributed by atoms with van der Waals surface area (Å²) < 4.78 is 0. The summed E-state index contributed by atoms with van der Waals surface area (Å²) in [5, 5.41) is 9.87. The molecule has 3 N–H and O–H groups in total. The zero-order chi connectivity index (χ0) is 14.0. The van der Waals surface area contributed by atoms with Crippen LogP contribution in [-0.2, 0) is 6.42 Å². The highest BCUT2D eigenvalue weighted by molar-refractivity contribution is 5.57. The van der Waals surface area contributed by atoms with Crippen LogP contribution >= 0.6 is 0 Å². The number of nitrogens with two attached hydrogens (primary N) is 1. The molecule has 3 nitrogen and oxygen atoms in total. The molecule has 1 aliphatic heterocycles. The molecule has 0 spiro atoms. The van der Waals surface area contributed by atoms with Crippen molar-refractivity contribution in [1.82, 2.24) is 0 Å². The van der Waals surface area contributed by atoms with Crippen molar-refractivity contribution >= 4 is 5.69 Å². The molecule has 0 bridgehead atoms. The summed E-state index contributed by atoms with van der Waals surface area (Å²) >= 11 is 0. The summed E-state index contributed by atoms with van der Waals surface area (Å²) in [6, 6.07) is 6.66. The zero-order valence-electron chi connectivity index (χ0n) is 12.3. The molecular formula is C16H26N2O. The molecule has 0 fully saturated rings. The molecule has 0 saturated heterocycles. The van der Waals surface area contributed by atoms with Crippen LogP contribution in [0.1, 0.15) is 50.8 Å². The third kappa shape index (κ3) is 3.71. The first-order chi connectivity index (χ1) is 8.87. The Bertz CT molecular complexity index is 435. The van der Waals surface area contributed by atoms with Crippen LogP contribution in [0.3, 0.4) is 0 Å². The minimum atomic E-state index is -0.594. The smallest absolute Gasteiger partial charge is 0.0608 e. The number of hydrogen-bond acceptors (Lipinski definition) is 3. The minimum Gasteiger partial charge on any atom is -0.390 e. The predicted octanol–water partition coefficient (Wildman–Crippen LogP) is 2.62. The van der Waals surface area contributed by atoms with E-state index in [0.717, 1.165) is 25.9 Å². The Hall–Kier alpha value is -1.06. The number of rotatable bonds is 4. The molecule has 1 aliphatic rings. The van der Waals surface area contributed by atoms with Crippen molar-refractivity contribution in [2.45, 2.75) is 51.7 Å². The normalized spacial score (nSPS) is 17.2. The van der Waals surface area contributed by atoms with Crippen molar-refractivity contribution in [2.75, 3.05) is 18.0 Å². The highest BCUT2D eigenvalue weighted by Crippen LogP contribution is 2.30. The van der Waals surface area contributed by atoms with Gasteiger partial charge in [0.2, 0.25) is 0 Å². The van der Waals surface area contributed by atoms with Gasteiger partial charge in [-0.3, -0.25) is 0 Å². The summed E-state index contributed by atoms with van der Waals surface area (Å²) in [6.45, 7) is 7.76. The van der Waals surface area contributed by atoms with E-state index in [-0.39, 0.29) is 6.04 Å². The molecule has 2 rings (SSSR count). The van der Waals surface area contributed by atoms with Crippen molar-refractivity contribution in [3.05, 3.63) is 29.3 Å². The minimum absolute atomic E-state index is 0.0945. The van der Waals surface area contributed by atoms with Gasteiger partial charge in [-0.15, -0.1) is 0 Å². The van der Waals surface area contributed by atoms with Crippen LogP contribution in [0.25, 0.3) is 0 Å². The second-order valence-electron chi connectivity index (χ2n) is 6.33. The number of hydrogen-bond donors (Lipinski definition) is 2. The number of fused-ring (bicyclic) bond motifs is 1. The lowest BCUT2D eigenvalue weighted by Gasteiger charge is -2.33. The van der Waals surface area contributed by atoms with Crippen LogP contribution in [0.2, 0.25) is 0 Å². The van der Waals surface area contributed by atoms with Gasteiger partial charge in [0.05, 0.1) is 5.60 Å². The quantitative estimate of drug-likeness (QED) is 0.877. The lowest BCUT2D eigenvalue weighted by atomic mass is 9.96. The number of aliphatic hydroxyl groups is 1. The first kappa shape index (κ1) is 14.4. The molecule has 1 unspecified atom stereocenters. The zero-order valence-corrected chi connectivity index (χ0v) is 12.3. The molecular weight excluding hydrogens is 236 g/mol. The number of aryl methyl sites for hydroxylation is 1. The fraction of sp³-hybridized carbons (Fsp3) is 0.625. The van der Waals surface area contributed by atoms with Gasteiger partial charge < -0.3 is 15.7 Å². The van der Waals surface area contributed by atoms with E-state index in [9.17, 15) is 5.11 Å². The lowest BCUT2D eigenvalue weighted by Crippen LogP contribution is -2.34. The van der Waals surface area contributed by atoms with E-state index >= 15 is 0 Å². The average molecular weight is 262 g/mol. The molecule has 1 aromatic rings. The first-order valence-electron chi connectivity index (χ1n) is 7.22. The van der Waals surface area contributed by atoms with E-state index in [1.54, 1.807) is 0 Å². The largest absolute Gasteiger partial charge is 0.390 e. The van der Waals surface area contributed by atoms with Crippen LogP contribution in [-0.4, -0.2) is 23.8 Å². The summed E-state index contributed by atoms with van der Waals surface area (Å²) in [7, 11) is 0. The SMILES string of the molecule is CC(N)c1ccc2c(c1)CCCN2CCC(C)(C)O. The van der Waals surface area contributed by atoms with Crippen LogP contribution in [0.4, 0.5) is 5.69 Å². The van der Waals surface area contributed by atoms with Crippen molar-refractivity contribution in [3.63, 3.8) is 0 Å². The summed E-state index contributed by atoms with van der Waals surface area (Å²) in [6.07, 6.45) is 3.11. The topological polar surface area (TPSA) is 49.5 Å². The molecule has 3 heteroatoms. The van der Waals surface area contributed by atoms with E-state index in [2.05, 4.69) is 23.1 Å². The Morgan fingerprint density at radius 1 is 1.42 bits per heavy atom. The van der Waals surface area contributed by atoms with E-state index in [0.29, 0.717) is 0 Å².